The van der Waals surface area contributed by atoms with E-state index in [1.165, 1.54) is 0 Å². The predicted octanol–water partition coefficient (Wildman–Crippen LogP) is 5.03. The number of halogens is 1. The number of amides is 2. The fraction of sp³-hybridized carbons (Fsp3) is 0.333. The molecule has 4 nitrogen and oxygen atoms in total. The van der Waals surface area contributed by atoms with Crippen molar-refractivity contribution in [2.45, 2.75) is 32.6 Å². The van der Waals surface area contributed by atoms with E-state index in [9.17, 15) is 9.59 Å². The van der Waals surface area contributed by atoms with Crippen molar-refractivity contribution < 1.29 is 9.59 Å². The minimum Gasteiger partial charge on any atom is -0.326 e. The number of hydrogen-bond acceptors (Lipinski definition) is 2. The highest BCUT2D eigenvalue weighted by molar-refractivity contribution is 6.30. The summed E-state index contributed by atoms with van der Waals surface area (Å²) in [5.74, 6) is -0.0138. The van der Waals surface area contributed by atoms with Crippen molar-refractivity contribution in [1.82, 2.24) is 0 Å². The van der Waals surface area contributed by atoms with E-state index in [1.54, 1.807) is 24.3 Å². The Labute approximate surface area is 158 Å². The van der Waals surface area contributed by atoms with Crippen LogP contribution in [0.4, 0.5) is 11.4 Å². The van der Waals surface area contributed by atoms with Crippen LogP contribution in [0.1, 0.15) is 31.2 Å². The maximum Gasteiger partial charge on any atom is 0.227 e. The molecule has 0 saturated heterocycles. The monoisotopic (exact) mass is 370 g/mol. The molecule has 0 unspecified atom stereocenters. The Bertz CT molecular complexity index is 696. The highest BCUT2D eigenvalue weighted by atomic mass is 35.5. The minimum atomic E-state index is -0.0471. The summed E-state index contributed by atoms with van der Waals surface area (Å²) in [7, 11) is 0. The van der Waals surface area contributed by atoms with Crippen LogP contribution in [0.3, 0.4) is 0 Å². The number of carbonyl (C=O) groups is 2. The predicted molar refractivity (Wildman–Crippen MR) is 105 cm³/mol. The molecular weight excluding hydrogens is 348 g/mol. The molecule has 0 atom stereocenters. The first-order chi connectivity index (χ1) is 12.5. The van der Waals surface area contributed by atoms with Crippen molar-refractivity contribution in [3.8, 4) is 0 Å². The average Bonchev–Trinajstić information content (AvgIpc) is 2.65. The number of nitrogens with one attached hydrogen (secondary N) is 2. The first-order valence-corrected chi connectivity index (χ1v) is 9.33. The summed E-state index contributed by atoms with van der Waals surface area (Å²) in [6.45, 7) is 2.02. The number of aryl methyl sites for hydroxylation is 1. The van der Waals surface area contributed by atoms with Gasteiger partial charge in [-0.2, -0.15) is 0 Å². The van der Waals surface area contributed by atoms with E-state index in [0.717, 1.165) is 42.6 Å². The van der Waals surface area contributed by atoms with Crippen LogP contribution in [0.2, 0.25) is 5.02 Å². The van der Waals surface area contributed by atoms with Crippen molar-refractivity contribution in [3.05, 3.63) is 59.1 Å². The molecule has 2 N–H and O–H groups in total. The topological polar surface area (TPSA) is 58.2 Å². The maximum atomic E-state index is 12.4. The first kappa shape index (κ1) is 18.5. The molecule has 2 aromatic rings. The Kier molecular flexibility index (Phi) is 5.94. The molecule has 26 heavy (non-hydrogen) atoms. The van der Waals surface area contributed by atoms with Crippen LogP contribution in [0.15, 0.2) is 48.5 Å². The Balaban J connectivity index is 1.48. The van der Waals surface area contributed by atoms with Gasteiger partial charge in [-0.1, -0.05) is 29.3 Å². The summed E-state index contributed by atoms with van der Waals surface area (Å²) in [5, 5.41) is 6.55. The van der Waals surface area contributed by atoms with Crippen LogP contribution in [0.5, 0.6) is 0 Å². The van der Waals surface area contributed by atoms with E-state index in [0.29, 0.717) is 5.02 Å². The molecule has 1 aliphatic carbocycles. The van der Waals surface area contributed by atoms with E-state index in [4.69, 9.17) is 11.6 Å². The van der Waals surface area contributed by atoms with Crippen molar-refractivity contribution in [1.29, 1.82) is 0 Å². The van der Waals surface area contributed by atoms with E-state index < -0.39 is 0 Å². The van der Waals surface area contributed by atoms with Gasteiger partial charge in [0.2, 0.25) is 11.8 Å². The molecular formula is C21H23ClN2O2. The summed E-state index contributed by atoms with van der Waals surface area (Å²) in [6, 6.07) is 14.9. The molecule has 0 heterocycles. The van der Waals surface area contributed by atoms with Gasteiger partial charge in [-0.05, 0) is 69.0 Å². The molecule has 1 saturated carbocycles. The molecule has 2 aromatic carbocycles. The molecule has 136 valence electrons. The van der Waals surface area contributed by atoms with Gasteiger partial charge >= 0.3 is 0 Å². The van der Waals surface area contributed by atoms with Gasteiger partial charge in [0.1, 0.15) is 0 Å². The quantitative estimate of drug-likeness (QED) is 0.792. The van der Waals surface area contributed by atoms with Gasteiger partial charge in [0.05, 0.1) is 0 Å². The zero-order chi connectivity index (χ0) is 18.5. The van der Waals surface area contributed by atoms with Crippen LogP contribution in [-0.2, 0) is 9.59 Å². The normalized spacial score (nSPS) is 19.6. The number of anilines is 2. The van der Waals surface area contributed by atoms with E-state index in [2.05, 4.69) is 10.6 Å². The van der Waals surface area contributed by atoms with Gasteiger partial charge < -0.3 is 10.6 Å². The average molecular weight is 371 g/mol. The summed E-state index contributed by atoms with van der Waals surface area (Å²) in [5.41, 5.74) is 2.73. The smallest absolute Gasteiger partial charge is 0.227 e. The van der Waals surface area contributed by atoms with Gasteiger partial charge in [-0.3, -0.25) is 9.59 Å². The largest absolute Gasteiger partial charge is 0.326 e. The Morgan fingerprint density at radius 1 is 0.769 bits per heavy atom. The second kappa shape index (κ2) is 8.37. The third-order valence-corrected chi connectivity index (χ3v) is 5.15. The SMILES string of the molecule is Cc1ccc(NC(=O)C2CCC(C(=O)Nc3ccc(Cl)cc3)CC2)cc1. The summed E-state index contributed by atoms with van der Waals surface area (Å²) >= 11 is 5.86. The van der Waals surface area contributed by atoms with Crippen molar-refractivity contribution in [2.75, 3.05) is 10.6 Å². The molecule has 0 aliphatic heterocycles. The van der Waals surface area contributed by atoms with Crippen LogP contribution >= 0.6 is 11.6 Å². The van der Waals surface area contributed by atoms with Crippen molar-refractivity contribution in [2.24, 2.45) is 11.8 Å². The van der Waals surface area contributed by atoms with Crippen LogP contribution in [0, 0.1) is 18.8 Å². The summed E-state index contributed by atoms with van der Waals surface area (Å²) in [4.78, 5) is 24.8. The standard InChI is InChI=1S/C21H23ClN2O2/c1-14-2-10-18(11-3-14)23-20(25)15-4-6-16(7-5-15)21(26)24-19-12-8-17(22)9-13-19/h2-3,8-13,15-16H,4-7H2,1H3,(H,23,25)(H,24,26). The van der Waals surface area contributed by atoms with Crippen LogP contribution < -0.4 is 10.6 Å². The highest BCUT2D eigenvalue weighted by Gasteiger charge is 2.30. The lowest BCUT2D eigenvalue weighted by Crippen LogP contribution is -2.32. The molecule has 5 heteroatoms. The molecule has 3 rings (SSSR count). The Morgan fingerprint density at radius 2 is 1.15 bits per heavy atom. The van der Waals surface area contributed by atoms with Gasteiger partial charge in [0, 0.05) is 28.2 Å². The minimum absolute atomic E-state index is 0.0183. The zero-order valence-electron chi connectivity index (χ0n) is 14.8. The maximum absolute atomic E-state index is 12.4. The fourth-order valence-electron chi connectivity index (χ4n) is 3.28. The number of rotatable bonds is 4. The van der Waals surface area contributed by atoms with Gasteiger partial charge in [-0.25, -0.2) is 0 Å². The number of carbonyl (C=O) groups excluding carboxylic acids is 2. The molecule has 0 aromatic heterocycles. The first-order valence-electron chi connectivity index (χ1n) is 8.95. The lowest BCUT2D eigenvalue weighted by molar-refractivity contribution is -0.125. The molecule has 0 spiro atoms. The van der Waals surface area contributed by atoms with Gasteiger partial charge in [-0.15, -0.1) is 0 Å². The lowest BCUT2D eigenvalue weighted by Gasteiger charge is -2.27. The second-order valence-corrected chi connectivity index (χ2v) is 7.34. The van der Waals surface area contributed by atoms with Crippen LogP contribution in [0.25, 0.3) is 0 Å². The van der Waals surface area contributed by atoms with E-state index in [1.807, 2.05) is 31.2 Å². The van der Waals surface area contributed by atoms with E-state index >= 15 is 0 Å². The van der Waals surface area contributed by atoms with Gasteiger partial charge in [0.15, 0.2) is 0 Å². The second-order valence-electron chi connectivity index (χ2n) is 6.90. The van der Waals surface area contributed by atoms with Gasteiger partial charge in [0.25, 0.3) is 0 Å². The van der Waals surface area contributed by atoms with Crippen molar-refractivity contribution >= 4 is 34.8 Å². The van der Waals surface area contributed by atoms with E-state index in [-0.39, 0.29) is 23.7 Å². The van der Waals surface area contributed by atoms with Crippen LogP contribution in [-0.4, -0.2) is 11.8 Å². The summed E-state index contributed by atoms with van der Waals surface area (Å²) < 4.78 is 0. The fourth-order valence-corrected chi connectivity index (χ4v) is 3.40. The molecule has 0 bridgehead atoms. The number of hydrogen-bond donors (Lipinski definition) is 2. The Morgan fingerprint density at radius 3 is 1.58 bits per heavy atom. The third kappa shape index (κ3) is 4.85. The molecule has 2 amide bonds. The van der Waals surface area contributed by atoms with Crippen molar-refractivity contribution in [3.63, 3.8) is 0 Å². The third-order valence-electron chi connectivity index (χ3n) is 4.90. The molecule has 0 radical (unpaired) electrons. The summed E-state index contributed by atoms with van der Waals surface area (Å²) in [6.07, 6.45) is 2.92. The number of benzene rings is 2. The molecule has 1 aliphatic rings. The Hall–Kier alpha value is -2.33. The molecule has 1 fully saturated rings. The highest BCUT2D eigenvalue weighted by Crippen LogP contribution is 2.30. The zero-order valence-corrected chi connectivity index (χ0v) is 15.6. The lowest BCUT2D eigenvalue weighted by atomic mass is 9.81.